The number of nitriles is 1. The maximum Gasteiger partial charge on any atom is 0.277 e. The Morgan fingerprint density at radius 1 is 1.17 bits per heavy atom. The summed E-state index contributed by atoms with van der Waals surface area (Å²) in [6, 6.07) is 16.1. The van der Waals surface area contributed by atoms with Gasteiger partial charge in [-0.15, -0.1) is 0 Å². The maximum atomic E-state index is 11.8. The van der Waals surface area contributed by atoms with E-state index in [9.17, 15) is 4.79 Å². The van der Waals surface area contributed by atoms with Gasteiger partial charge in [0.15, 0.2) is 6.61 Å². The van der Waals surface area contributed by atoms with Gasteiger partial charge >= 0.3 is 0 Å². The van der Waals surface area contributed by atoms with E-state index < -0.39 is 5.91 Å². The summed E-state index contributed by atoms with van der Waals surface area (Å²) < 4.78 is 10.8. The van der Waals surface area contributed by atoms with Crippen molar-refractivity contribution in [2.45, 2.75) is 6.92 Å². The predicted molar refractivity (Wildman–Crippen MR) is 90.0 cm³/mol. The molecular formula is C18H17N3O3. The molecule has 0 aliphatic carbocycles. The number of benzene rings is 2. The van der Waals surface area contributed by atoms with E-state index in [-0.39, 0.29) is 6.61 Å². The summed E-state index contributed by atoms with van der Waals surface area (Å²) in [7, 11) is 0. The van der Waals surface area contributed by atoms with Gasteiger partial charge in [-0.3, -0.25) is 4.79 Å². The van der Waals surface area contributed by atoms with E-state index in [4.69, 9.17) is 14.7 Å². The van der Waals surface area contributed by atoms with Crippen LogP contribution in [0.4, 0.5) is 0 Å². The molecule has 6 heteroatoms. The fourth-order valence-electron chi connectivity index (χ4n) is 1.91. The van der Waals surface area contributed by atoms with Crippen LogP contribution in [0.15, 0.2) is 53.6 Å². The summed E-state index contributed by atoms with van der Waals surface area (Å²) in [6.45, 7) is 2.21. The summed E-state index contributed by atoms with van der Waals surface area (Å²) in [4.78, 5) is 11.8. The van der Waals surface area contributed by atoms with Crippen LogP contribution in [0.3, 0.4) is 0 Å². The zero-order valence-corrected chi connectivity index (χ0v) is 13.2. The van der Waals surface area contributed by atoms with Crippen LogP contribution < -0.4 is 14.9 Å². The molecule has 0 fully saturated rings. The van der Waals surface area contributed by atoms with Crippen molar-refractivity contribution in [3.8, 4) is 17.6 Å². The third kappa shape index (κ3) is 4.85. The highest BCUT2D eigenvalue weighted by Crippen LogP contribution is 2.16. The lowest BCUT2D eigenvalue weighted by Gasteiger charge is -2.07. The highest BCUT2D eigenvalue weighted by atomic mass is 16.5. The molecule has 0 aromatic heterocycles. The number of carbonyl (C=O) groups is 1. The van der Waals surface area contributed by atoms with Gasteiger partial charge in [0.05, 0.1) is 18.4 Å². The highest BCUT2D eigenvalue weighted by molar-refractivity contribution is 5.85. The number of para-hydroxylation sites is 2. The molecule has 122 valence electrons. The van der Waals surface area contributed by atoms with Crippen LogP contribution in [0.25, 0.3) is 0 Å². The van der Waals surface area contributed by atoms with Crippen molar-refractivity contribution in [3.63, 3.8) is 0 Å². The number of hydrogen-bond acceptors (Lipinski definition) is 5. The first kappa shape index (κ1) is 17.0. The molecule has 0 radical (unpaired) electrons. The Bertz CT molecular complexity index is 766. The molecule has 0 aliphatic rings. The lowest BCUT2D eigenvalue weighted by molar-refractivity contribution is -0.123. The third-order valence-electron chi connectivity index (χ3n) is 2.98. The molecule has 0 spiro atoms. The molecule has 0 saturated heterocycles. The SMILES string of the molecule is CCOc1ccccc1/C=N/NC(=O)COc1ccccc1C#N. The average molecular weight is 323 g/mol. The van der Waals surface area contributed by atoms with Crippen LogP contribution in [0, 0.1) is 11.3 Å². The van der Waals surface area contributed by atoms with E-state index in [1.54, 1.807) is 24.3 Å². The van der Waals surface area contributed by atoms with Gasteiger partial charge in [0.25, 0.3) is 5.91 Å². The number of hydrogen-bond donors (Lipinski definition) is 1. The fraction of sp³-hybridized carbons (Fsp3) is 0.167. The van der Waals surface area contributed by atoms with Crippen molar-refractivity contribution in [2.24, 2.45) is 5.10 Å². The van der Waals surface area contributed by atoms with Crippen LogP contribution in [0.1, 0.15) is 18.1 Å². The molecule has 0 bridgehead atoms. The van der Waals surface area contributed by atoms with E-state index in [1.807, 2.05) is 37.3 Å². The van der Waals surface area contributed by atoms with Gasteiger partial charge in [-0.25, -0.2) is 5.43 Å². The van der Waals surface area contributed by atoms with Gasteiger partial charge in [0.2, 0.25) is 0 Å². The second-order valence-corrected chi connectivity index (χ2v) is 4.66. The molecule has 0 aliphatic heterocycles. The zero-order chi connectivity index (χ0) is 17.2. The number of carbonyl (C=O) groups excluding carboxylic acids is 1. The molecule has 0 heterocycles. The van der Waals surface area contributed by atoms with Gasteiger partial charge in [-0.05, 0) is 31.2 Å². The summed E-state index contributed by atoms with van der Waals surface area (Å²) in [5.41, 5.74) is 3.51. The molecule has 0 atom stereocenters. The average Bonchev–Trinajstić information content (AvgIpc) is 2.62. The topological polar surface area (TPSA) is 83.7 Å². The molecule has 2 aromatic carbocycles. The van der Waals surface area contributed by atoms with E-state index in [0.29, 0.717) is 23.7 Å². The quantitative estimate of drug-likeness (QED) is 0.627. The number of amides is 1. The minimum Gasteiger partial charge on any atom is -0.493 e. The maximum absolute atomic E-state index is 11.8. The predicted octanol–water partition coefficient (Wildman–Crippen LogP) is 2.49. The second-order valence-electron chi connectivity index (χ2n) is 4.66. The second kappa shape index (κ2) is 8.96. The number of rotatable bonds is 7. The molecule has 2 rings (SSSR count). The summed E-state index contributed by atoms with van der Waals surface area (Å²) in [6.07, 6.45) is 1.51. The lowest BCUT2D eigenvalue weighted by atomic mass is 10.2. The lowest BCUT2D eigenvalue weighted by Crippen LogP contribution is -2.24. The summed E-state index contributed by atoms with van der Waals surface area (Å²) >= 11 is 0. The van der Waals surface area contributed by atoms with Crippen LogP contribution in [-0.4, -0.2) is 25.3 Å². The van der Waals surface area contributed by atoms with Crippen molar-refractivity contribution < 1.29 is 14.3 Å². The number of hydrazone groups is 1. The minimum absolute atomic E-state index is 0.233. The molecule has 0 unspecified atom stereocenters. The van der Waals surface area contributed by atoms with Crippen molar-refractivity contribution in [1.29, 1.82) is 5.26 Å². The van der Waals surface area contributed by atoms with E-state index in [2.05, 4.69) is 10.5 Å². The Morgan fingerprint density at radius 3 is 2.62 bits per heavy atom. The Morgan fingerprint density at radius 2 is 1.88 bits per heavy atom. The normalized spacial score (nSPS) is 10.2. The molecule has 1 N–H and O–H groups in total. The van der Waals surface area contributed by atoms with Gasteiger partial charge in [-0.1, -0.05) is 24.3 Å². The fourth-order valence-corrected chi connectivity index (χ4v) is 1.91. The standard InChI is InChI=1S/C18H17N3O3/c1-2-23-17-10-6-4-8-15(17)12-20-21-18(22)13-24-16-9-5-3-7-14(16)11-19/h3-10,12H,2,13H2,1H3,(H,21,22)/b20-12+. The van der Waals surface area contributed by atoms with Crippen molar-refractivity contribution in [3.05, 3.63) is 59.7 Å². The third-order valence-corrected chi connectivity index (χ3v) is 2.98. The molecule has 24 heavy (non-hydrogen) atoms. The first-order valence-corrected chi connectivity index (χ1v) is 7.40. The van der Waals surface area contributed by atoms with Gasteiger partial charge in [-0.2, -0.15) is 10.4 Å². The smallest absolute Gasteiger partial charge is 0.277 e. The highest BCUT2D eigenvalue weighted by Gasteiger charge is 2.05. The number of nitrogens with one attached hydrogen (secondary N) is 1. The Balaban J connectivity index is 1.88. The minimum atomic E-state index is -0.423. The van der Waals surface area contributed by atoms with Crippen LogP contribution in [0.5, 0.6) is 11.5 Å². The molecule has 6 nitrogen and oxygen atoms in total. The van der Waals surface area contributed by atoms with Gasteiger partial charge in [0, 0.05) is 5.56 Å². The van der Waals surface area contributed by atoms with Crippen LogP contribution >= 0.6 is 0 Å². The Hall–Kier alpha value is -3.33. The first-order valence-electron chi connectivity index (χ1n) is 7.40. The first-order chi connectivity index (χ1) is 11.7. The summed E-state index contributed by atoms with van der Waals surface area (Å²) in [5.74, 6) is 0.630. The number of nitrogens with zero attached hydrogens (tertiary/aromatic N) is 2. The Labute approximate surface area is 140 Å². The van der Waals surface area contributed by atoms with Crippen molar-refractivity contribution in [2.75, 3.05) is 13.2 Å². The van der Waals surface area contributed by atoms with E-state index >= 15 is 0 Å². The Kier molecular flexibility index (Phi) is 6.35. The molecular weight excluding hydrogens is 306 g/mol. The molecule has 0 saturated carbocycles. The largest absolute Gasteiger partial charge is 0.493 e. The summed E-state index contributed by atoms with van der Waals surface area (Å²) in [5, 5.41) is 12.8. The van der Waals surface area contributed by atoms with Crippen molar-refractivity contribution >= 4 is 12.1 Å². The van der Waals surface area contributed by atoms with Crippen LogP contribution in [-0.2, 0) is 4.79 Å². The van der Waals surface area contributed by atoms with Crippen molar-refractivity contribution in [1.82, 2.24) is 5.43 Å². The zero-order valence-electron chi connectivity index (χ0n) is 13.2. The van der Waals surface area contributed by atoms with Gasteiger partial charge < -0.3 is 9.47 Å². The van der Waals surface area contributed by atoms with E-state index in [1.165, 1.54) is 6.21 Å². The number of ether oxygens (including phenoxy) is 2. The molecule has 2 aromatic rings. The monoisotopic (exact) mass is 323 g/mol. The van der Waals surface area contributed by atoms with Crippen LogP contribution in [0.2, 0.25) is 0 Å². The van der Waals surface area contributed by atoms with E-state index in [0.717, 1.165) is 5.56 Å². The molecule has 1 amide bonds. The van der Waals surface area contributed by atoms with Gasteiger partial charge in [0.1, 0.15) is 17.6 Å².